The van der Waals surface area contributed by atoms with E-state index in [1.807, 2.05) is 6.08 Å². The number of hydrogen-bond acceptors (Lipinski definition) is 5. The summed E-state index contributed by atoms with van der Waals surface area (Å²) in [4.78, 5) is 25.4. The van der Waals surface area contributed by atoms with Crippen LogP contribution in [0.25, 0.3) is 0 Å². The molecular weight excluding hydrogens is 789 g/mol. The second-order valence-electron chi connectivity index (χ2n) is 18.5. The molecule has 0 aromatic heterocycles. The van der Waals surface area contributed by atoms with Crippen LogP contribution in [0.1, 0.15) is 278 Å². The normalized spacial score (nSPS) is 12.6. The Balaban J connectivity index is 4.27. The largest absolute Gasteiger partial charge is 0.462 e. The van der Waals surface area contributed by atoms with Crippen LogP contribution in [0.15, 0.2) is 60.8 Å². The molecular formula is C59H106O5. The zero-order chi connectivity index (χ0) is 46.3. The highest BCUT2D eigenvalue weighted by Crippen LogP contribution is 2.16. The Bertz CT molecular complexity index is 1100. The SMILES string of the molecule is CC/C=C\C/C=C\C/C=C\C/C=C\CCC(=O)OC(COCCCCCCCCCCCC/C=C\CCCCCCCC)COC(=O)CCCCCCCCCCCCCCCCC. The van der Waals surface area contributed by atoms with Gasteiger partial charge in [-0.3, -0.25) is 9.59 Å². The van der Waals surface area contributed by atoms with Gasteiger partial charge in [-0.2, -0.15) is 0 Å². The molecule has 0 amide bonds. The highest BCUT2D eigenvalue weighted by atomic mass is 16.6. The molecule has 0 saturated heterocycles. The van der Waals surface area contributed by atoms with E-state index in [1.54, 1.807) is 0 Å². The van der Waals surface area contributed by atoms with Crippen LogP contribution in [-0.2, 0) is 23.8 Å². The standard InChI is InChI=1S/C59H106O5/c1-4-7-10-13-16-19-22-25-27-28-29-30-31-33-36-39-42-45-48-51-54-62-55-57(64-59(61)53-50-47-44-41-38-34-24-21-18-15-12-9-6-3)56-63-58(60)52-49-46-43-40-37-35-32-26-23-20-17-14-11-8-5-2/h9,12,18,21,25,27,34,38,44,47,57H,4-8,10-11,13-17,19-20,22-24,26,28-33,35-37,39-43,45-46,48-56H2,1-3H3/b12-9-,21-18-,27-25-,38-34-,47-44-. The smallest absolute Gasteiger partial charge is 0.306 e. The molecule has 0 bridgehead atoms. The van der Waals surface area contributed by atoms with E-state index in [2.05, 4.69) is 75.5 Å². The van der Waals surface area contributed by atoms with Crippen molar-refractivity contribution in [3.8, 4) is 0 Å². The lowest BCUT2D eigenvalue weighted by Gasteiger charge is -2.18. The number of carbonyl (C=O) groups is 2. The van der Waals surface area contributed by atoms with Crippen molar-refractivity contribution in [2.75, 3.05) is 19.8 Å². The molecule has 64 heavy (non-hydrogen) atoms. The zero-order valence-corrected chi connectivity index (χ0v) is 42.8. The summed E-state index contributed by atoms with van der Waals surface area (Å²) in [6, 6.07) is 0. The maximum Gasteiger partial charge on any atom is 0.306 e. The average Bonchev–Trinajstić information content (AvgIpc) is 3.30. The minimum Gasteiger partial charge on any atom is -0.462 e. The second kappa shape index (κ2) is 54.9. The van der Waals surface area contributed by atoms with Crippen molar-refractivity contribution in [3.63, 3.8) is 0 Å². The lowest BCUT2D eigenvalue weighted by atomic mass is 10.0. The van der Waals surface area contributed by atoms with Gasteiger partial charge in [-0.05, 0) is 70.6 Å². The van der Waals surface area contributed by atoms with Crippen molar-refractivity contribution in [1.82, 2.24) is 0 Å². The Kier molecular flexibility index (Phi) is 52.9. The summed E-state index contributed by atoms with van der Waals surface area (Å²) in [7, 11) is 0. The molecule has 5 nitrogen and oxygen atoms in total. The first-order valence-corrected chi connectivity index (χ1v) is 27.8. The summed E-state index contributed by atoms with van der Waals surface area (Å²) in [6.07, 6.45) is 69.7. The Hall–Kier alpha value is -2.40. The van der Waals surface area contributed by atoms with Gasteiger partial charge in [0.2, 0.25) is 0 Å². The molecule has 0 aliphatic rings. The van der Waals surface area contributed by atoms with Gasteiger partial charge in [0.15, 0.2) is 6.10 Å². The molecule has 0 aliphatic carbocycles. The number of esters is 2. The minimum absolute atomic E-state index is 0.0588. The van der Waals surface area contributed by atoms with E-state index < -0.39 is 6.10 Å². The fourth-order valence-corrected chi connectivity index (χ4v) is 7.93. The highest BCUT2D eigenvalue weighted by molar-refractivity contribution is 5.70. The van der Waals surface area contributed by atoms with Gasteiger partial charge in [0.05, 0.1) is 6.61 Å². The fourth-order valence-electron chi connectivity index (χ4n) is 7.93. The minimum atomic E-state index is -0.573. The molecule has 0 heterocycles. The molecule has 1 unspecified atom stereocenters. The third-order valence-corrected chi connectivity index (χ3v) is 12.1. The van der Waals surface area contributed by atoms with Crippen molar-refractivity contribution in [3.05, 3.63) is 60.8 Å². The second-order valence-corrected chi connectivity index (χ2v) is 18.5. The van der Waals surface area contributed by atoms with Crippen LogP contribution < -0.4 is 0 Å². The topological polar surface area (TPSA) is 61.8 Å². The van der Waals surface area contributed by atoms with Gasteiger partial charge >= 0.3 is 11.9 Å². The van der Waals surface area contributed by atoms with Crippen LogP contribution in [0.3, 0.4) is 0 Å². The molecule has 0 rings (SSSR count). The van der Waals surface area contributed by atoms with Crippen molar-refractivity contribution >= 4 is 11.9 Å². The van der Waals surface area contributed by atoms with E-state index in [1.165, 1.54) is 186 Å². The number of ether oxygens (including phenoxy) is 3. The van der Waals surface area contributed by atoms with Crippen LogP contribution in [0, 0.1) is 0 Å². The first-order chi connectivity index (χ1) is 31.6. The first kappa shape index (κ1) is 61.6. The predicted octanol–water partition coefficient (Wildman–Crippen LogP) is 18.9. The molecule has 5 heteroatoms. The Morgan fingerprint density at radius 3 is 1.19 bits per heavy atom. The third-order valence-electron chi connectivity index (χ3n) is 12.1. The molecule has 0 fully saturated rings. The summed E-state index contributed by atoms with van der Waals surface area (Å²) in [5.74, 6) is -0.480. The summed E-state index contributed by atoms with van der Waals surface area (Å²) in [5.41, 5.74) is 0. The van der Waals surface area contributed by atoms with Gasteiger partial charge in [0.1, 0.15) is 6.61 Å². The van der Waals surface area contributed by atoms with Gasteiger partial charge in [-0.15, -0.1) is 0 Å². The summed E-state index contributed by atoms with van der Waals surface area (Å²) in [5, 5.41) is 0. The van der Waals surface area contributed by atoms with Gasteiger partial charge in [0.25, 0.3) is 0 Å². The van der Waals surface area contributed by atoms with Crippen LogP contribution in [0.5, 0.6) is 0 Å². The van der Waals surface area contributed by atoms with Gasteiger partial charge in [-0.1, -0.05) is 255 Å². The summed E-state index contributed by atoms with van der Waals surface area (Å²) in [6.45, 7) is 7.67. The molecule has 0 saturated carbocycles. The van der Waals surface area contributed by atoms with E-state index in [4.69, 9.17) is 14.2 Å². The summed E-state index contributed by atoms with van der Waals surface area (Å²) < 4.78 is 17.4. The lowest BCUT2D eigenvalue weighted by Crippen LogP contribution is -2.30. The van der Waals surface area contributed by atoms with E-state index in [-0.39, 0.29) is 25.2 Å². The maximum atomic E-state index is 12.8. The van der Waals surface area contributed by atoms with Gasteiger partial charge in [-0.25, -0.2) is 0 Å². The Morgan fingerprint density at radius 2 is 0.734 bits per heavy atom. The molecule has 0 aromatic carbocycles. The van der Waals surface area contributed by atoms with E-state index in [0.29, 0.717) is 25.9 Å². The predicted molar refractivity (Wildman–Crippen MR) is 279 cm³/mol. The lowest BCUT2D eigenvalue weighted by molar-refractivity contribution is -0.162. The van der Waals surface area contributed by atoms with Gasteiger partial charge < -0.3 is 14.2 Å². The average molecular weight is 895 g/mol. The van der Waals surface area contributed by atoms with Crippen molar-refractivity contribution < 1.29 is 23.8 Å². The Morgan fingerprint density at radius 1 is 0.359 bits per heavy atom. The quantitative estimate of drug-likeness (QED) is 0.0346. The maximum absolute atomic E-state index is 12.8. The van der Waals surface area contributed by atoms with Gasteiger partial charge in [0, 0.05) is 19.4 Å². The number of unbranched alkanes of at least 4 members (excludes halogenated alkanes) is 30. The highest BCUT2D eigenvalue weighted by Gasteiger charge is 2.17. The number of allylic oxidation sites excluding steroid dienone is 10. The van der Waals surface area contributed by atoms with Crippen LogP contribution >= 0.6 is 0 Å². The monoisotopic (exact) mass is 895 g/mol. The van der Waals surface area contributed by atoms with Crippen molar-refractivity contribution in [2.24, 2.45) is 0 Å². The molecule has 1 atom stereocenters. The molecule has 0 aliphatic heterocycles. The molecule has 0 N–H and O–H groups in total. The number of rotatable bonds is 51. The zero-order valence-electron chi connectivity index (χ0n) is 42.8. The van der Waals surface area contributed by atoms with Crippen LogP contribution in [0.4, 0.5) is 0 Å². The molecule has 372 valence electrons. The molecule has 0 radical (unpaired) electrons. The number of hydrogen-bond donors (Lipinski definition) is 0. The molecule has 0 spiro atoms. The Labute approximate surface area is 398 Å². The van der Waals surface area contributed by atoms with Crippen LogP contribution in [-0.4, -0.2) is 37.9 Å². The van der Waals surface area contributed by atoms with E-state index >= 15 is 0 Å². The van der Waals surface area contributed by atoms with E-state index in [9.17, 15) is 9.59 Å². The van der Waals surface area contributed by atoms with Crippen molar-refractivity contribution in [2.45, 2.75) is 284 Å². The first-order valence-electron chi connectivity index (χ1n) is 27.8. The molecule has 0 aromatic rings. The van der Waals surface area contributed by atoms with Crippen molar-refractivity contribution in [1.29, 1.82) is 0 Å². The number of carbonyl (C=O) groups excluding carboxylic acids is 2. The van der Waals surface area contributed by atoms with E-state index in [0.717, 1.165) is 51.4 Å². The third kappa shape index (κ3) is 52.2. The summed E-state index contributed by atoms with van der Waals surface area (Å²) >= 11 is 0. The fraction of sp³-hybridized carbons (Fsp3) is 0.797. The van der Waals surface area contributed by atoms with Crippen LogP contribution in [0.2, 0.25) is 0 Å².